The molecule has 0 saturated heterocycles. The van der Waals surface area contributed by atoms with Gasteiger partial charge in [-0.05, 0) is 87.5 Å². The van der Waals surface area contributed by atoms with Crippen molar-refractivity contribution < 1.29 is 9.53 Å². The Morgan fingerprint density at radius 1 is 0.927 bits per heavy atom. The highest BCUT2D eigenvalue weighted by Crippen LogP contribution is 2.28. The van der Waals surface area contributed by atoms with Crippen LogP contribution in [0, 0.1) is 0 Å². The van der Waals surface area contributed by atoms with E-state index in [1.54, 1.807) is 17.7 Å². The van der Waals surface area contributed by atoms with Gasteiger partial charge in [0.2, 0.25) is 0 Å². The van der Waals surface area contributed by atoms with Gasteiger partial charge in [-0.15, -0.1) is 0 Å². The maximum absolute atomic E-state index is 14.2. The van der Waals surface area contributed by atoms with Crippen molar-refractivity contribution in [2.45, 2.75) is 52.0 Å². The number of aromatic nitrogens is 2. The summed E-state index contributed by atoms with van der Waals surface area (Å²) in [7, 11) is 5.61. The lowest BCUT2D eigenvalue weighted by molar-refractivity contribution is 0.0644. The number of aryl methyl sites for hydroxylation is 1. The lowest BCUT2D eigenvalue weighted by Gasteiger charge is -2.33. The van der Waals surface area contributed by atoms with E-state index in [-0.39, 0.29) is 11.5 Å². The largest absolute Gasteiger partial charge is 0.497 e. The maximum Gasteiger partial charge on any atom is 0.266 e. The highest BCUT2D eigenvalue weighted by Gasteiger charge is 2.30. The molecule has 0 N–H and O–H groups in total. The number of hydrogen-bond acceptors (Lipinski definition) is 5. The van der Waals surface area contributed by atoms with Crippen LogP contribution in [0.1, 0.15) is 67.3 Å². The lowest BCUT2D eigenvalue weighted by atomic mass is 10.0. The van der Waals surface area contributed by atoms with Crippen molar-refractivity contribution in [1.29, 1.82) is 0 Å². The topological polar surface area (TPSA) is 67.7 Å². The molecule has 4 rings (SSSR count). The molecule has 0 bridgehead atoms. The first kappa shape index (κ1) is 30.0. The minimum atomic E-state index is -0.425. The molecule has 7 heteroatoms. The van der Waals surface area contributed by atoms with E-state index in [1.165, 1.54) is 18.4 Å². The third-order valence-corrected chi connectivity index (χ3v) is 7.51. The van der Waals surface area contributed by atoms with E-state index in [9.17, 15) is 9.59 Å². The van der Waals surface area contributed by atoms with Crippen molar-refractivity contribution in [2.75, 3.05) is 34.3 Å². The molecule has 0 radical (unpaired) electrons. The van der Waals surface area contributed by atoms with Crippen molar-refractivity contribution in [3.8, 4) is 11.4 Å². The van der Waals surface area contributed by atoms with E-state index in [1.807, 2.05) is 80.5 Å². The highest BCUT2D eigenvalue weighted by molar-refractivity contribution is 5.94. The number of carbonyl (C=O) groups excluding carboxylic acids is 1. The van der Waals surface area contributed by atoms with Crippen LogP contribution in [0.5, 0.6) is 5.75 Å². The van der Waals surface area contributed by atoms with Crippen LogP contribution in [0.4, 0.5) is 0 Å². The predicted molar refractivity (Wildman–Crippen MR) is 166 cm³/mol. The van der Waals surface area contributed by atoms with Crippen molar-refractivity contribution in [3.63, 3.8) is 0 Å². The Bertz CT molecular complexity index is 1490. The first-order chi connectivity index (χ1) is 19.9. The van der Waals surface area contributed by atoms with Gasteiger partial charge in [0.1, 0.15) is 11.6 Å². The molecular formula is C34H42N4O3. The fraction of sp³-hybridized carbons (Fsp3) is 0.382. The number of nitrogens with zero attached hydrogens (tertiary/aromatic N) is 4. The molecule has 41 heavy (non-hydrogen) atoms. The molecule has 1 aromatic heterocycles. The molecule has 1 atom stereocenters. The number of benzene rings is 3. The van der Waals surface area contributed by atoms with Crippen molar-refractivity contribution in [2.24, 2.45) is 0 Å². The summed E-state index contributed by atoms with van der Waals surface area (Å²) in [6.45, 7) is 5.41. The van der Waals surface area contributed by atoms with Crippen molar-refractivity contribution in [1.82, 2.24) is 19.4 Å². The second-order valence-corrected chi connectivity index (χ2v) is 10.7. The molecule has 0 fully saturated rings. The highest BCUT2D eigenvalue weighted by atomic mass is 16.5. The Kier molecular flexibility index (Phi) is 10.3. The quantitative estimate of drug-likeness (QED) is 0.182. The Balaban J connectivity index is 1.82. The first-order valence-corrected chi connectivity index (χ1v) is 14.6. The molecular weight excluding hydrogens is 512 g/mol. The summed E-state index contributed by atoms with van der Waals surface area (Å²) in [4.78, 5) is 37.1. The first-order valence-electron chi connectivity index (χ1n) is 14.6. The molecule has 0 aliphatic carbocycles. The molecule has 1 unspecified atom stereocenters. The van der Waals surface area contributed by atoms with Gasteiger partial charge in [0.15, 0.2) is 0 Å². The molecule has 1 heterocycles. The zero-order chi connectivity index (χ0) is 29.4. The number of likely N-dealkylation sites (N-methyl/N-ethyl adjacent to an activating group) is 1. The lowest BCUT2D eigenvalue weighted by Crippen LogP contribution is -2.41. The molecule has 0 saturated carbocycles. The molecule has 0 aliphatic heterocycles. The predicted octanol–water partition coefficient (Wildman–Crippen LogP) is 6.28. The van der Waals surface area contributed by atoms with Gasteiger partial charge in [0.05, 0.1) is 29.7 Å². The summed E-state index contributed by atoms with van der Waals surface area (Å²) >= 11 is 0. The van der Waals surface area contributed by atoms with E-state index in [2.05, 4.69) is 24.0 Å². The number of methoxy groups -OCH3 is 1. The Labute approximate surface area is 243 Å². The van der Waals surface area contributed by atoms with Gasteiger partial charge < -0.3 is 14.5 Å². The summed E-state index contributed by atoms with van der Waals surface area (Å²) in [5.74, 6) is 1.18. The average molecular weight is 555 g/mol. The third kappa shape index (κ3) is 7.03. The molecule has 1 amide bonds. The van der Waals surface area contributed by atoms with Gasteiger partial charge in [-0.1, -0.05) is 51.0 Å². The van der Waals surface area contributed by atoms with E-state index >= 15 is 0 Å². The zero-order valence-electron chi connectivity index (χ0n) is 25.0. The minimum absolute atomic E-state index is 0.0671. The Hall–Kier alpha value is -3.97. The number of ether oxygens (including phenoxy) is 1. The fourth-order valence-electron chi connectivity index (χ4n) is 5.16. The fourth-order valence-corrected chi connectivity index (χ4v) is 5.16. The Morgan fingerprint density at radius 2 is 1.63 bits per heavy atom. The number of rotatable bonds is 13. The van der Waals surface area contributed by atoms with E-state index in [0.717, 1.165) is 12.8 Å². The van der Waals surface area contributed by atoms with E-state index in [0.29, 0.717) is 53.2 Å². The molecule has 3 aromatic carbocycles. The molecule has 4 aromatic rings. The normalized spacial score (nSPS) is 12.0. The second-order valence-electron chi connectivity index (χ2n) is 10.7. The molecule has 0 aliphatic rings. The average Bonchev–Trinajstić information content (AvgIpc) is 2.99. The minimum Gasteiger partial charge on any atom is -0.497 e. The smallest absolute Gasteiger partial charge is 0.266 e. The standard InChI is InChI=1S/C34H42N4O3/c1-6-8-9-12-25-15-17-26(18-16-25)33(39)37(24-23-36(3)4)31(7-2)32-35-30-14-11-10-13-29(30)34(40)38(32)27-19-21-28(41-5)22-20-27/h10-11,13-22,31H,6-9,12,23-24H2,1-5H3. The van der Waals surface area contributed by atoms with Crippen LogP contribution in [0.2, 0.25) is 0 Å². The van der Waals surface area contributed by atoms with Gasteiger partial charge in [-0.2, -0.15) is 0 Å². The van der Waals surface area contributed by atoms with Gasteiger partial charge in [-0.3, -0.25) is 14.2 Å². The molecule has 7 nitrogen and oxygen atoms in total. The van der Waals surface area contributed by atoms with Crippen LogP contribution >= 0.6 is 0 Å². The van der Waals surface area contributed by atoms with Crippen LogP contribution in [-0.4, -0.2) is 59.6 Å². The number of unbranched alkanes of at least 4 members (excludes halogenated alkanes) is 2. The molecule has 0 spiro atoms. The monoisotopic (exact) mass is 554 g/mol. The van der Waals surface area contributed by atoms with Gasteiger partial charge >= 0.3 is 0 Å². The summed E-state index contributed by atoms with van der Waals surface area (Å²) in [5, 5.41) is 0.534. The third-order valence-electron chi connectivity index (χ3n) is 7.51. The number of fused-ring (bicyclic) bond motifs is 1. The number of amides is 1. The van der Waals surface area contributed by atoms with Crippen LogP contribution < -0.4 is 10.3 Å². The Morgan fingerprint density at radius 3 is 2.27 bits per heavy atom. The summed E-state index contributed by atoms with van der Waals surface area (Å²) < 4.78 is 7.01. The van der Waals surface area contributed by atoms with E-state index in [4.69, 9.17) is 9.72 Å². The van der Waals surface area contributed by atoms with Crippen LogP contribution in [0.3, 0.4) is 0 Å². The van der Waals surface area contributed by atoms with Crippen molar-refractivity contribution >= 4 is 16.8 Å². The van der Waals surface area contributed by atoms with E-state index < -0.39 is 6.04 Å². The number of hydrogen-bond donors (Lipinski definition) is 0. The SMILES string of the molecule is CCCCCc1ccc(C(=O)N(CCN(C)C)C(CC)c2nc3ccccc3c(=O)n2-c2ccc(OC)cc2)cc1. The summed E-state index contributed by atoms with van der Waals surface area (Å²) in [6.07, 6.45) is 5.13. The second kappa shape index (κ2) is 14.1. The number of carbonyl (C=O) groups is 1. The number of para-hydroxylation sites is 1. The zero-order valence-corrected chi connectivity index (χ0v) is 25.0. The molecule has 216 valence electrons. The maximum atomic E-state index is 14.2. The van der Waals surface area contributed by atoms with Gasteiger partial charge in [0.25, 0.3) is 11.5 Å². The van der Waals surface area contributed by atoms with Gasteiger partial charge in [0, 0.05) is 18.7 Å². The van der Waals surface area contributed by atoms with Crippen molar-refractivity contribution in [3.05, 3.63) is 100 Å². The van der Waals surface area contributed by atoms with Crippen LogP contribution in [-0.2, 0) is 6.42 Å². The van der Waals surface area contributed by atoms with Gasteiger partial charge in [-0.25, -0.2) is 4.98 Å². The van der Waals surface area contributed by atoms with Crippen LogP contribution in [0.15, 0.2) is 77.6 Å². The summed E-state index contributed by atoms with van der Waals surface area (Å²) in [6, 6.07) is 22.3. The van der Waals surface area contributed by atoms with Crippen LogP contribution in [0.25, 0.3) is 16.6 Å². The summed E-state index contributed by atoms with van der Waals surface area (Å²) in [5.41, 5.74) is 3.02.